The van der Waals surface area contributed by atoms with Gasteiger partial charge < -0.3 is 14.4 Å². The van der Waals surface area contributed by atoms with Crippen LogP contribution in [0.2, 0.25) is 0 Å². The second kappa shape index (κ2) is 5.22. The van der Waals surface area contributed by atoms with Crippen LogP contribution < -0.4 is 4.74 Å². The van der Waals surface area contributed by atoms with E-state index in [0.717, 1.165) is 16.8 Å². The fraction of sp³-hybridized carbons (Fsp3) is 0.167. The van der Waals surface area contributed by atoms with Crippen molar-refractivity contribution in [3.63, 3.8) is 0 Å². The number of ether oxygens (including phenoxy) is 1. The Morgan fingerprint density at radius 1 is 1.14 bits per heavy atom. The number of methoxy groups -OCH3 is 1. The third kappa shape index (κ3) is 2.04. The maximum atomic E-state index is 11.7. The Labute approximate surface area is 128 Å². The van der Waals surface area contributed by atoms with Gasteiger partial charge in [0.05, 0.1) is 18.2 Å². The van der Waals surface area contributed by atoms with Gasteiger partial charge in [0.15, 0.2) is 0 Å². The Morgan fingerprint density at radius 3 is 2.50 bits per heavy atom. The number of fused-ring (bicyclic) bond motifs is 1. The first-order valence-electron chi connectivity index (χ1n) is 7.03. The van der Waals surface area contributed by atoms with Gasteiger partial charge in [-0.05, 0) is 43.7 Å². The quantitative estimate of drug-likeness (QED) is 0.796. The summed E-state index contributed by atoms with van der Waals surface area (Å²) in [7, 11) is 1.58. The molecular weight excluding hydrogens is 278 g/mol. The first-order valence-corrected chi connectivity index (χ1v) is 7.03. The van der Waals surface area contributed by atoms with E-state index in [1.807, 2.05) is 54.8 Å². The second-order valence-electron chi connectivity index (χ2n) is 5.27. The lowest BCUT2D eigenvalue weighted by atomic mass is 10.1. The van der Waals surface area contributed by atoms with Gasteiger partial charge in [0.25, 0.3) is 0 Å². The molecular formula is C18H17NO3. The molecule has 1 heterocycles. The van der Waals surface area contributed by atoms with E-state index in [9.17, 15) is 9.90 Å². The Bertz CT molecular complexity index is 877. The van der Waals surface area contributed by atoms with Crippen molar-refractivity contribution >= 4 is 16.9 Å². The molecule has 4 nitrogen and oxygen atoms in total. The van der Waals surface area contributed by atoms with Crippen LogP contribution in [0.15, 0.2) is 42.5 Å². The van der Waals surface area contributed by atoms with Crippen molar-refractivity contribution in [2.24, 2.45) is 0 Å². The van der Waals surface area contributed by atoms with Gasteiger partial charge in [-0.2, -0.15) is 0 Å². The molecule has 3 aromatic rings. The third-order valence-electron chi connectivity index (χ3n) is 3.98. The number of nitrogens with zero attached hydrogens (tertiary/aromatic N) is 1. The van der Waals surface area contributed by atoms with Gasteiger partial charge >= 0.3 is 5.97 Å². The lowest BCUT2D eigenvalue weighted by molar-refractivity contribution is 0.0698. The maximum Gasteiger partial charge on any atom is 0.338 e. The van der Waals surface area contributed by atoms with E-state index in [1.165, 1.54) is 0 Å². The largest absolute Gasteiger partial charge is 0.497 e. The smallest absolute Gasteiger partial charge is 0.338 e. The summed E-state index contributed by atoms with van der Waals surface area (Å²) in [6.45, 7) is 3.85. The molecule has 22 heavy (non-hydrogen) atoms. The number of aryl methyl sites for hydroxylation is 1. The molecule has 0 spiro atoms. The lowest BCUT2D eigenvalue weighted by Crippen LogP contribution is -2.02. The van der Waals surface area contributed by atoms with Crippen LogP contribution in [-0.4, -0.2) is 22.8 Å². The van der Waals surface area contributed by atoms with E-state index >= 15 is 0 Å². The highest BCUT2D eigenvalue weighted by molar-refractivity contribution is 6.06. The Kier molecular flexibility index (Phi) is 3.37. The highest BCUT2D eigenvalue weighted by Gasteiger charge is 2.21. The molecule has 1 aromatic heterocycles. The Hall–Kier alpha value is -2.75. The zero-order valence-electron chi connectivity index (χ0n) is 12.8. The van der Waals surface area contributed by atoms with Gasteiger partial charge in [-0.15, -0.1) is 0 Å². The van der Waals surface area contributed by atoms with Gasteiger partial charge in [0.1, 0.15) is 5.75 Å². The molecule has 0 unspecified atom stereocenters. The number of carboxylic acid groups (broad SMARTS) is 1. The third-order valence-corrected chi connectivity index (χ3v) is 3.98. The van der Waals surface area contributed by atoms with Gasteiger partial charge in [-0.1, -0.05) is 18.2 Å². The molecule has 0 aliphatic heterocycles. The number of rotatable bonds is 3. The van der Waals surface area contributed by atoms with Gasteiger partial charge in [-0.3, -0.25) is 0 Å². The van der Waals surface area contributed by atoms with Crippen molar-refractivity contribution in [1.82, 2.24) is 4.57 Å². The maximum absolute atomic E-state index is 11.7. The van der Waals surface area contributed by atoms with E-state index in [1.54, 1.807) is 13.2 Å². The average Bonchev–Trinajstić information content (AvgIpc) is 2.79. The molecule has 0 bridgehead atoms. The number of carboxylic acids is 1. The SMILES string of the molecule is COc1ccc2c(c1)c(C(=O)O)c(C)n2-c1ccccc1C. The molecule has 0 aliphatic carbocycles. The Morgan fingerprint density at radius 2 is 1.86 bits per heavy atom. The van der Waals surface area contributed by atoms with Crippen LogP contribution >= 0.6 is 0 Å². The monoisotopic (exact) mass is 295 g/mol. The molecule has 3 rings (SSSR count). The zero-order chi connectivity index (χ0) is 15.9. The molecule has 0 saturated carbocycles. The summed E-state index contributed by atoms with van der Waals surface area (Å²) in [4.78, 5) is 11.7. The first kappa shape index (κ1) is 14.2. The highest BCUT2D eigenvalue weighted by atomic mass is 16.5. The van der Waals surface area contributed by atoms with E-state index in [2.05, 4.69) is 0 Å². The molecule has 4 heteroatoms. The van der Waals surface area contributed by atoms with Crippen molar-refractivity contribution < 1.29 is 14.6 Å². The fourth-order valence-electron chi connectivity index (χ4n) is 2.92. The van der Waals surface area contributed by atoms with Gasteiger partial charge in [-0.25, -0.2) is 4.79 Å². The van der Waals surface area contributed by atoms with E-state index in [0.29, 0.717) is 22.4 Å². The van der Waals surface area contributed by atoms with Crippen LogP contribution in [0.4, 0.5) is 0 Å². The number of aromatic carboxylic acids is 1. The molecule has 0 saturated heterocycles. The minimum absolute atomic E-state index is 0.317. The summed E-state index contributed by atoms with van der Waals surface area (Å²) in [6, 6.07) is 13.5. The molecule has 0 aliphatic rings. The number of para-hydroxylation sites is 1. The minimum atomic E-state index is -0.928. The van der Waals surface area contributed by atoms with Crippen LogP contribution in [0, 0.1) is 13.8 Å². The predicted molar refractivity (Wildman–Crippen MR) is 86.3 cm³/mol. The molecule has 0 fully saturated rings. The topological polar surface area (TPSA) is 51.5 Å². The van der Waals surface area contributed by atoms with Crippen LogP contribution in [0.3, 0.4) is 0 Å². The van der Waals surface area contributed by atoms with Crippen LogP contribution in [-0.2, 0) is 0 Å². The summed E-state index contributed by atoms with van der Waals surface area (Å²) < 4.78 is 7.23. The van der Waals surface area contributed by atoms with E-state index in [4.69, 9.17) is 4.74 Å². The first-order chi connectivity index (χ1) is 10.5. The van der Waals surface area contributed by atoms with Gasteiger partial charge in [0.2, 0.25) is 0 Å². The van der Waals surface area contributed by atoms with Crippen molar-refractivity contribution in [2.75, 3.05) is 7.11 Å². The van der Waals surface area contributed by atoms with E-state index in [-0.39, 0.29) is 0 Å². The van der Waals surface area contributed by atoms with Crippen molar-refractivity contribution in [2.45, 2.75) is 13.8 Å². The normalized spacial score (nSPS) is 10.9. The van der Waals surface area contributed by atoms with Crippen molar-refractivity contribution in [3.8, 4) is 11.4 Å². The molecule has 0 amide bonds. The van der Waals surface area contributed by atoms with Gasteiger partial charge in [0, 0.05) is 16.8 Å². The minimum Gasteiger partial charge on any atom is -0.497 e. The Balaban J connectivity index is 2.43. The molecule has 0 atom stereocenters. The van der Waals surface area contributed by atoms with E-state index < -0.39 is 5.97 Å². The van der Waals surface area contributed by atoms with Crippen molar-refractivity contribution in [1.29, 1.82) is 0 Å². The molecule has 112 valence electrons. The fourth-order valence-corrected chi connectivity index (χ4v) is 2.92. The van der Waals surface area contributed by atoms with Crippen LogP contribution in [0.1, 0.15) is 21.6 Å². The summed E-state index contributed by atoms with van der Waals surface area (Å²) >= 11 is 0. The summed E-state index contributed by atoms with van der Waals surface area (Å²) in [5.74, 6) is -0.278. The number of hydrogen-bond acceptors (Lipinski definition) is 2. The van der Waals surface area contributed by atoms with Crippen molar-refractivity contribution in [3.05, 3.63) is 59.3 Å². The number of benzene rings is 2. The number of aromatic nitrogens is 1. The second-order valence-corrected chi connectivity index (χ2v) is 5.27. The molecule has 1 N–H and O–H groups in total. The standard InChI is InChI=1S/C18H17NO3/c1-11-6-4-5-7-15(11)19-12(2)17(18(20)21)14-10-13(22-3)8-9-16(14)19/h4-10H,1-3H3,(H,20,21). The molecule has 0 radical (unpaired) electrons. The average molecular weight is 295 g/mol. The van der Waals surface area contributed by atoms with Crippen LogP contribution in [0.5, 0.6) is 5.75 Å². The molecule has 2 aromatic carbocycles. The predicted octanol–water partition coefficient (Wildman–Crippen LogP) is 3.95. The van der Waals surface area contributed by atoms with Crippen LogP contribution in [0.25, 0.3) is 16.6 Å². The lowest BCUT2D eigenvalue weighted by Gasteiger charge is -2.11. The highest BCUT2D eigenvalue weighted by Crippen LogP contribution is 2.32. The number of carbonyl (C=O) groups is 1. The summed E-state index contributed by atoms with van der Waals surface area (Å²) in [6.07, 6.45) is 0. The zero-order valence-corrected chi connectivity index (χ0v) is 12.8. The number of hydrogen-bond donors (Lipinski definition) is 1. The summed E-state index contributed by atoms with van der Waals surface area (Å²) in [5.41, 5.74) is 3.98. The summed E-state index contributed by atoms with van der Waals surface area (Å²) in [5, 5.41) is 10.3.